The van der Waals surface area contributed by atoms with Crippen LogP contribution in [0.25, 0.3) is 0 Å². The Bertz CT molecular complexity index is 841. The summed E-state index contributed by atoms with van der Waals surface area (Å²) in [7, 11) is 0. The van der Waals surface area contributed by atoms with Gasteiger partial charge in [0.2, 0.25) is 0 Å². The van der Waals surface area contributed by atoms with Crippen molar-refractivity contribution in [1.29, 1.82) is 0 Å². The lowest BCUT2D eigenvalue weighted by Gasteiger charge is -2.30. The molecule has 0 atom stereocenters. The second kappa shape index (κ2) is 8.17. The normalized spacial score (nSPS) is 14.0. The second-order valence-corrected chi connectivity index (χ2v) is 7.35. The van der Waals surface area contributed by atoms with Crippen LogP contribution in [0.15, 0.2) is 42.5 Å². The van der Waals surface area contributed by atoms with Gasteiger partial charge in [-0.15, -0.1) is 0 Å². The predicted octanol–water partition coefficient (Wildman–Crippen LogP) is 5.70. The van der Waals surface area contributed by atoms with Gasteiger partial charge in [0.25, 0.3) is 5.92 Å². The zero-order valence-electron chi connectivity index (χ0n) is 16.5. The number of urea groups is 1. The van der Waals surface area contributed by atoms with E-state index < -0.39 is 5.92 Å². The molecule has 1 N–H and O–H groups in total. The summed E-state index contributed by atoms with van der Waals surface area (Å²) in [6, 6.07) is 11.7. The van der Waals surface area contributed by atoms with Crippen LogP contribution in [-0.2, 0) is 18.9 Å². The van der Waals surface area contributed by atoms with Gasteiger partial charge in [0.1, 0.15) is 11.5 Å². The smallest absolute Gasteiger partial charge is 0.317 e. The Hall–Kier alpha value is -2.63. The first-order chi connectivity index (χ1) is 13.3. The topological polar surface area (TPSA) is 41.6 Å². The molecule has 1 aliphatic heterocycles. The highest BCUT2D eigenvalue weighted by atomic mass is 19.3. The Kier molecular flexibility index (Phi) is 5.87. The van der Waals surface area contributed by atoms with Gasteiger partial charge in [0, 0.05) is 38.1 Å². The second-order valence-electron chi connectivity index (χ2n) is 7.35. The number of ether oxygens (including phenoxy) is 1. The lowest BCUT2D eigenvalue weighted by atomic mass is 9.99. The zero-order valence-corrected chi connectivity index (χ0v) is 16.5. The summed E-state index contributed by atoms with van der Waals surface area (Å²) in [5.41, 5.74) is 2.08. The summed E-state index contributed by atoms with van der Waals surface area (Å²) in [5, 5.41) is 2.91. The van der Waals surface area contributed by atoms with E-state index in [1.54, 1.807) is 17.0 Å². The van der Waals surface area contributed by atoms with Gasteiger partial charge in [-0.3, -0.25) is 0 Å². The predicted molar refractivity (Wildman–Crippen MR) is 107 cm³/mol. The van der Waals surface area contributed by atoms with E-state index in [9.17, 15) is 13.6 Å². The number of hydrogen-bond acceptors (Lipinski definition) is 2. The van der Waals surface area contributed by atoms with Crippen molar-refractivity contribution < 1.29 is 19.7 Å². The maximum absolute atomic E-state index is 13.8. The number of halogens is 2. The summed E-state index contributed by atoms with van der Waals surface area (Å²) < 4.78 is 33.5. The molecule has 2 aromatic carbocycles. The van der Waals surface area contributed by atoms with Gasteiger partial charge < -0.3 is 15.0 Å². The van der Waals surface area contributed by atoms with Crippen molar-refractivity contribution in [3.63, 3.8) is 0 Å². The van der Waals surface area contributed by atoms with Crippen molar-refractivity contribution in [2.75, 3.05) is 6.54 Å². The van der Waals surface area contributed by atoms with Crippen LogP contribution in [-0.4, -0.2) is 23.5 Å². The van der Waals surface area contributed by atoms with Crippen molar-refractivity contribution in [3.05, 3.63) is 59.2 Å². The highest BCUT2D eigenvalue weighted by Crippen LogP contribution is 2.35. The number of nitrogens with zero attached hydrogens (tertiary/aromatic N) is 1. The van der Waals surface area contributed by atoms with E-state index in [-0.39, 0.29) is 25.5 Å². The molecule has 0 unspecified atom stereocenters. The molecule has 0 radical (unpaired) electrons. The van der Waals surface area contributed by atoms with Gasteiger partial charge in [-0.05, 0) is 56.2 Å². The molecule has 6 heteroatoms. The molecule has 0 saturated heterocycles. The summed E-state index contributed by atoms with van der Waals surface area (Å²) in [4.78, 5) is 14.0. The molecule has 152 valence electrons. The van der Waals surface area contributed by atoms with Gasteiger partial charge in [0.05, 0.1) is 0 Å². The van der Waals surface area contributed by atoms with E-state index in [4.69, 9.17) is 4.74 Å². The van der Waals surface area contributed by atoms with Gasteiger partial charge in [-0.25, -0.2) is 13.6 Å². The Morgan fingerprint density at radius 1 is 1.25 bits per heavy atom. The Labute approximate surface area is 166 Å². The lowest BCUT2D eigenvalue weighted by Crippen LogP contribution is -2.45. The van der Waals surface area contributed by atoms with Crippen LogP contribution >= 0.6 is 0 Å². The van der Waals surface area contributed by atoms with Gasteiger partial charge in [-0.2, -0.15) is 0 Å². The molecule has 3 rings (SSSR count). The summed E-state index contributed by atoms with van der Waals surface area (Å²) in [6.45, 7) is 6.46. The third-order valence-electron chi connectivity index (χ3n) is 4.87. The number of rotatable bonds is 5. The standard InChI is InChI=1S/C22H26F2N2O2.H2/c1-4-22(23,24)17-8-10-18(11-9-17)28-20-7-5-6-16-14-26(13-12-19(16)20)21(27)25-15(2)3;/h5-11,15H,4,12-14H2,1-3H3,(H,25,27);1H. The van der Waals surface area contributed by atoms with E-state index >= 15 is 0 Å². The average molecular weight is 390 g/mol. The van der Waals surface area contributed by atoms with Crippen molar-refractivity contribution in [3.8, 4) is 11.5 Å². The van der Waals surface area contributed by atoms with Crippen LogP contribution in [0.3, 0.4) is 0 Å². The largest absolute Gasteiger partial charge is 0.457 e. The summed E-state index contributed by atoms with van der Waals surface area (Å²) in [5.74, 6) is -1.61. The molecular formula is C22H28F2N2O2. The minimum absolute atomic E-state index is 0. The third kappa shape index (κ3) is 4.43. The maximum atomic E-state index is 13.8. The molecule has 28 heavy (non-hydrogen) atoms. The first-order valence-electron chi connectivity index (χ1n) is 9.62. The Morgan fingerprint density at radius 2 is 1.96 bits per heavy atom. The number of carbonyl (C=O) groups is 1. The molecular weight excluding hydrogens is 362 g/mol. The molecule has 1 aliphatic rings. The van der Waals surface area contributed by atoms with E-state index in [1.807, 2.05) is 32.0 Å². The average Bonchev–Trinajstić information content (AvgIpc) is 2.67. The quantitative estimate of drug-likeness (QED) is 0.711. The molecule has 0 aliphatic carbocycles. The molecule has 0 aromatic heterocycles. The maximum Gasteiger partial charge on any atom is 0.317 e. The summed E-state index contributed by atoms with van der Waals surface area (Å²) >= 11 is 0. The van der Waals surface area contributed by atoms with E-state index in [1.165, 1.54) is 19.1 Å². The number of alkyl halides is 2. The van der Waals surface area contributed by atoms with Crippen molar-refractivity contribution in [1.82, 2.24) is 10.2 Å². The van der Waals surface area contributed by atoms with E-state index in [0.717, 1.165) is 11.1 Å². The van der Waals surface area contributed by atoms with Gasteiger partial charge in [-0.1, -0.05) is 19.1 Å². The Morgan fingerprint density at radius 3 is 2.61 bits per heavy atom. The minimum atomic E-state index is -2.83. The van der Waals surface area contributed by atoms with Crippen molar-refractivity contribution >= 4 is 6.03 Å². The van der Waals surface area contributed by atoms with Crippen LogP contribution in [0.1, 0.15) is 45.3 Å². The molecule has 2 aromatic rings. The molecule has 1 heterocycles. The highest BCUT2D eigenvalue weighted by Gasteiger charge is 2.28. The van der Waals surface area contributed by atoms with Crippen LogP contribution in [0.4, 0.5) is 13.6 Å². The fourth-order valence-electron chi connectivity index (χ4n) is 3.28. The number of amides is 2. The SMILES string of the molecule is CCC(F)(F)c1ccc(Oc2cccc3c2CCN(C(=O)NC(C)C)C3)cc1.[HH]. The number of carbonyl (C=O) groups excluding carboxylic acids is 1. The third-order valence-corrected chi connectivity index (χ3v) is 4.87. The van der Waals surface area contributed by atoms with Crippen LogP contribution in [0, 0.1) is 0 Å². The monoisotopic (exact) mass is 390 g/mol. The molecule has 0 saturated carbocycles. The van der Waals surface area contributed by atoms with Gasteiger partial charge in [0.15, 0.2) is 0 Å². The highest BCUT2D eigenvalue weighted by molar-refractivity contribution is 5.75. The molecule has 4 nitrogen and oxygen atoms in total. The van der Waals surface area contributed by atoms with Crippen molar-refractivity contribution in [2.24, 2.45) is 0 Å². The number of benzene rings is 2. The first-order valence-corrected chi connectivity index (χ1v) is 9.62. The van der Waals surface area contributed by atoms with Crippen LogP contribution < -0.4 is 10.1 Å². The van der Waals surface area contributed by atoms with E-state index in [0.29, 0.717) is 31.0 Å². The van der Waals surface area contributed by atoms with Crippen LogP contribution in [0.5, 0.6) is 11.5 Å². The number of fused-ring (bicyclic) bond motifs is 1. The lowest BCUT2D eigenvalue weighted by molar-refractivity contribution is -0.00830. The van der Waals surface area contributed by atoms with Crippen molar-refractivity contribution in [2.45, 2.75) is 52.1 Å². The van der Waals surface area contributed by atoms with E-state index in [2.05, 4.69) is 5.32 Å². The zero-order chi connectivity index (χ0) is 20.3. The first kappa shape index (κ1) is 20.1. The van der Waals surface area contributed by atoms with Crippen LogP contribution in [0.2, 0.25) is 0 Å². The van der Waals surface area contributed by atoms with Gasteiger partial charge >= 0.3 is 6.03 Å². The summed E-state index contributed by atoms with van der Waals surface area (Å²) in [6.07, 6.45) is 0.448. The fraction of sp³-hybridized carbons (Fsp3) is 0.409. The number of hydrogen-bond donors (Lipinski definition) is 1. The number of nitrogens with one attached hydrogen (secondary N) is 1. The molecule has 0 fully saturated rings. The minimum Gasteiger partial charge on any atom is -0.457 e. The molecule has 0 spiro atoms. The molecule has 0 bridgehead atoms. The molecule has 2 amide bonds. The Balaban J connectivity index is 0.00000300. The fourth-order valence-corrected chi connectivity index (χ4v) is 3.28.